The van der Waals surface area contributed by atoms with Crippen LogP contribution in [0.1, 0.15) is 25.8 Å². The van der Waals surface area contributed by atoms with Gasteiger partial charge < -0.3 is 10.1 Å². The summed E-state index contributed by atoms with van der Waals surface area (Å²) in [5.74, 6) is 0.694. The second kappa shape index (κ2) is 4.83. The van der Waals surface area contributed by atoms with Crippen LogP contribution in [0.15, 0.2) is 18.3 Å². The Kier molecular flexibility index (Phi) is 3.59. The highest BCUT2D eigenvalue weighted by molar-refractivity contribution is 6.21. The minimum absolute atomic E-state index is 0.164. The van der Waals surface area contributed by atoms with Gasteiger partial charge in [-0.05, 0) is 17.9 Å². The molecule has 0 aromatic carbocycles. The number of nitrogens with one attached hydrogen (secondary N) is 1. The number of aromatic nitrogens is 1. The van der Waals surface area contributed by atoms with E-state index in [1.54, 1.807) is 13.3 Å². The van der Waals surface area contributed by atoms with Crippen LogP contribution in [0, 0.1) is 5.41 Å². The van der Waals surface area contributed by atoms with Gasteiger partial charge in [0.2, 0.25) is 5.88 Å². The molecule has 1 aliphatic carbocycles. The molecule has 94 valence electrons. The quantitative estimate of drug-likeness (QED) is 0.839. The van der Waals surface area contributed by atoms with Crippen molar-refractivity contribution in [2.24, 2.45) is 5.41 Å². The molecule has 1 N–H and O–H groups in total. The van der Waals surface area contributed by atoms with E-state index >= 15 is 0 Å². The number of pyridine rings is 1. The van der Waals surface area contributed by atoms with Gasteiger partial charge in [-0.2, -0.15) is 0 Å². The first-order chi connectivity index (χ1) is 8.05. The molecule has 3 nitrogen and oxygen atoms in total. The van der Waals surface area contributed by atoms with Crippen molar-refractivity contribution in [3.63, 3.8) is 0 Å². The van der Waals surface area contributed by atoms with E-state index in [4.69, 9.17) is 16.3 Å². The van der Waals surface area contributed by atoms with Gasteiger partial charge in [-0.25, -0.2) is 4.98 Å². The number of rotatable bonds is 4. The van der Waals surface area contributed by atoms with Crippen LogP contribution in [0.3, 0.4) is 0 Å². The van der Waals surface area contributed by atoms with E-state index < -0.39 is 0 Å². The molecule has 1 saturated carbocycles. The van der Waals surface area contributed by atoms with E-state index in [0.29, 0.717) is 11.9 Å². The lowest BCUT2D eigenvalue weighted by Crippen LogP contribution is -2.57. The maximum atomic E-state index is 6.20. The van der Waals surface area contributed by atoms with Crippen LogP contribution in [-0.2, 0) is 6.54 Å². The molecule has 1 aliphatic rings. The second-order valence-corrected chi connectivity index (χ2v) is 5.66. The molecular weight excluding hydrogens is 236 g/mol. The minimum atomic E-state index is 0.164. The summed E-state index contributed by atoms with van der Waals surface area (Å²) in [5.41, 5.74) is 1.25. The molecule has 2 unspecified atom stereocenters. The molecule has 0 bridgehead atoms. The third-order valence-corrected chi connectivity index (χ3v) is 4.47. The van der Waals surface area contributed by atoms with Gasteiger partial charge >= 0.3 is 0 Å². The highest BCUT2D eigenvalue weighted by atomic mass is 35.5. The van der Waals surface area contributed by atoms with Crippen LogP contribution in [0.25, 0.3) is 0 Å². The molecule has 1 aromatic rings. The maximum Gasteiger partial charge on any atom is 0.217 e. The number of alkyl halides is 1. The van der Waals surface area contributed by atoms with Crippen LogP contribution in [0.5, 0.6) is 5.88 Å². The van der Waals surface area contributed by atoms with Crippen LogP contribution >= 0.6 is 11.6 Å². The number of hydrogen-bond acceptors (Lipinski definition) is 3. The van der Waals surface area contributed by atoms with Crippen LogP contribution < -0.4 is 10.1 Å². The van der Waals surface area contributed by atoms with E-state index in [2.05, 4.69) is 24.1 Å². The Morgan fingerprint density at radius 1 is 1.59 bits per heavy atom. The van der Waals surface area contributed by atoms with Crippen molar-refractivity contribution in [1.82, 2.24) is 10.3 Å². The summed E-state index contributed by atoms with van der Waals surface area (Å²) in [6.07, 6.45) is 2.77. The Hall–Kier alpha value is -0.800. The Morgan fingerprint density at radius 3 is 2.94 bits per heavy atom. The molecule has 2 rings (SSSR count). The molecule has 1 aromatic heterocycles. The topological polar surface area (TPSA) is 34.1 Å². The zero-order chi connectivity index (χ0) is 12.5. The molecule has 1 heterocycles. The Balaban J connectivity index is 1.95. The van der Waals surface area contributed by atoms with Gasteiger partial charge in [0.1, 0.15) is 0 Å². The fourth-order valence-corrected chi connectivity index (χ4v) is 2.52. The van der Waals surface area contributed by atoms with Crippen molar-refractivity contribution >= 4 is 11.6 Å². The van der Waals surface area contributed by atoms with Gasteiger partial charge in [-0.3, -0.25) is 0 Å². The summed E-state index contributed by atoms with van der Waals surface area (Å²) in [6.45, 7) is 5.17. The zero-order valence-electron chi connectivity index (χ0n) is 10.5. The molecular formula is C13H19ClN2O. The first kappa shape index (κ1) is 12.7. The predicted octanol–water partition coefficient (Wildman–Crippen LogP) is 2.59. The molecule has 4 heteroatoms. The van der Waals surface area contributed by atoms with Crippen LogP contribution in [0.2, 0.25) is 0 Å². The van der Waals surface area contributed by atoms with Crippen molar-refractivity contribution in [1.29, 1.82) is 0 Å². The fourth-order valence-electron chi connectivity index (χ4n) is 2.19. The largest absolute Gasteiger partial charge is 0.481 e. The van der Waals surface area contributed by atoms with Gasteiger partial charge in [-0.15, -0.1) is 11.6 Å². The van der Waals surface area contributed by atoms with E-state index in [-0.39, 0.29) is 10.8 Å². The van der Waals surface area contributed by atoms with Gasteiger partial charge in [0, 0.05) is 29.7 Å². The summed E-state index contributed by atoms with van der Waals surface area (Å²) < 4.78 is 5.23. The van der Waals surface area contributed by atoms with Gasteiger partial charge in [0.05, 0.1) is 7.11 Å². The van der Waals surface area contributed by atoms with Gasteiger partial charge in [-0.1, -0.05) is 19.9 Å². The van der Waals surface area contributed by atoms with Crippen molar-refractivity contribution in [3.8, 4) is 5.88 Å². The zero-order valence-corrected chi connectivity index (χ0v) is 11.3. The monoisotopic (exact) mass is 254 g/mol. The van der Waals surface area contributed by atoms with E-state index in [0.717, 1.165) is 18.5 Å². The summed E-state index contributed by atoms with van der Waals surface area (Å²) >= 11 is 6.20. The lowest BCUT2D eigenvalue weighted by Gasteiger charge is -2.49. The summed E-state index contributed by atoms with van der Waals surface area (Å²) in [5, 5.41) is 3.80. The molecule has 0 spiro atoms. The standard InChI is InChI=1S/C13H19ClN2O/c1-13(2)10(14)7-11(13)16-8-9-5-4-6-15-12(9)17-3/h4-6,10-11,16H,7-8H2,1-3H3. The van der Waals surface area contributed by atoms with E-state index in [1.807, 2.05) is 12.1 Å². The Labute approximate surface area is 108 Å². The van der Waals surface area contributed by atoms with E-state index in [9.17, 15) is 0 Å². The summed E-state index contributed by atoms with van der Waals surface area (Å²) in [6, 6.07) is 4.42. The number of methoxy groups -OCH3 is 1. The lowest BCUT2D eigenvalue weighted by atomic mass is 9.67. The average Bonchev–Trinajstić information content (AvgIpc) is 2.34. The number of halogens is 1. The SMILES string of the molecule is COc1ncccc1CNC1CC(Cl)C1(C)C. The van der Waals surface area contributed by atoms with Crippen molar-refractivity contribution in [3.05, 3.63) is 23.9 Å². The van der Waals surface area contributed by atoms with Crippen molar-refractivity contribution in [2.75, 3.05) is 7.11 Å². The molecule has 0 aliphatic heterocycles. The molecule has 0 radical (unpaired) electrons. The highest BCUT2D eigenvalue weighted by Gasteiger charge is 2.46. The molecule has 0 amide bonds. The Bertz CT molecular complexity index is 395. The third kappa shape index (κ3) is 2.40. The fraction of sp³-hybridized carbons (Fsp3) is 0.615. The number of hydrogen-bond donors (Lipinski definition) is 1. The smallest absolute Gasteiger partial charge is 0.217 e. The molecule has 17 heavy (non-hydrogen) atoms. The Morgan fingerprint density at radius 2 is 2.35 bits per heavy atom. The lowest BCUT2D eigenvalue weighted by molar-refractivity contribution is 0.115. The van der Waals surface area contributed by atoms with Crippen LogP contribution in [0.4, 0.5) is 0 Å². The number of ether oxygens (including phenoxy) is 1. The van der Waals surface area contributed by atoms with Crippen molar-refractivity contribution in [2.45, 2.75) is 38.2 Å². The minimum Gasteiger partial charge on any atom is -0.481 e. The second-order valence-electron chi connectivity index (χ2n) is 5.13. The molecule has 0 saturated heterocycles. The van der Waals surface area contributed by atoms with Crippen LogP contribution in [-0.4, -0.2) is 23.5 Å². The average molecular weight is 255 g/mol. The summed E-state index contributed by atoms with van der Waals surface area (Å²) in [7, 11) is 1.65. The van der Waals surface area contributed by atoms with Crippen molar-refractivity contribution < 1.29 is 4.74 Å². The molecule has 1 fully saturated rings. The highest BCUT2D eigenvalue weighted by Crippen LogP contribution is 2.44. The predicted molar refractivity (Wildman–Crippen MR) is 69.5 cm³/mol. The normalized spacial score (nSPS) is 26.4. The third-order valence-electron chi connectivity index (χ3n) is 3.73. The van der Waals surface area contributed by atoms with Gasteiger partial charge in [0.15, 0.2) is 0 Å². The van der Waals surface area contributed by atoms with Gasteiger partial charge in [0.25, 0.3) is 0 Å². The first-order valence-electron chi connectivity index (χ1n) is 5.91. The molecule has 2 atom stereocenters. The van der Waals surface area contributed by atoms with E-state index in [1.165, 1.54) is 0 Å². The first-order valence-corrected chi connectivity index (χ1v) is 6.34. The number of nitrogens with zero attached hydrogens (tertiary/aromatic N) is 1. The maximum absolute atomic E-state index is 6.20. The summed E-state index contributed by atoms with van der Waals surface area (Å²) in [4.78, 5) is 4.18.